The predicted octanol–water partition coefficient (Wildman–Crippen LogP) is 2.89. The van der Waals surface area contributed by atoms with Crippen molar-refractivity contribution in [3.05, 3.63) is 58.7 Å². The number of ketones is 1. The van der Waals surface area contributed by atoms with E-state index in [4.69, 9.17) is 0 Å². The zero-order chi connectivity index (χ0) is 13.2. The van der Waals surface area contributed by atoms with Crippen LogP contribution in [0.15, 0.2) is 30.3 Å². The van der Waals surface area contributed by atoms with E-state index in [2.05, 4.69) is 9.97 Å². The van der Waals surface area contributed by atoms with Crippen LogP contribution in [-0.4, -0.2) is 15.8 Å². The van der Waals surface area contributed by atoms with Crippen LogP contribution >= 0.6 is 0 Å². The van der Waals surface area contributed by atoms with Crippen LogP contribution in [0.1, 0.15) is 46.0 Å². The molecule has 0 unspecified atom stereocenters. The Morgan fingerprint density at radius 2 is 1.63 bits per heavy atom. The van der Waals surface area contributed by atoms with Gasteiger partial charge in [0.2, 0.25) is 5.78 Å². The van der Waals surface area contributed by atoms with Gasteiger partial charge in [-0.15, -0.1) is 0 Å². The molecule has 3 rings (SSSR count). The lowest BCUT2D eigenvalue weighted by Gasteiger charge is -2.16. The average molecular weight is 252 g/mol. The lowest BCUT2D eigenvalue weighted by Crippen LogP contribution is -2.15. The van der Waals surface area contributed by atoms with Crippen molar-refractivity contribution in [3.63, 3.8) is 0 Å². The van der Waals surface area contributed by atoms with Crippen molar-refractivity contribution < 1.29 is 4.79 Å². The topological polar surface area (TPSA) is 42.9 Å². The number of rotatable bonds is 2. The third-order valence-electron chi connectivity index (χ3n) is 3.55. The van der Waals surface area contributed by atoms with Crippen molar-refractivity contribution in [1.82, 2.24) is 9.97 Å². The zero-order valence-corrected chi connectivity index (χ0v) is 11.0. The first-order valence-corrected chi connectivity index (χ1v) is 6.72. The molecule has 1 aliphatic rings. The summed E-state index contributed by atoms with van der Waals surface area (Å²) < 4.78 is 0. The summed E-state index contributed by atoms with van der Waals surface area (Å²) in [5, 5.41) is 0. The van der Waals surface area contributed by atoms with Crippen LogP contribution in [-0.2, 0) is 12.8 Å². The van der Waals surface area contributed by atoms with Crippen LogP contribution in [0.4, 0.5) is 0 Å². The van der Waals surface area contributed by atoms with Gasteiger partial charge in [-0.1, -0.05) is 30.3 Å². The molecule has 0 amide bonds. The molecule has 96 valence electrons. The summed E-state index contributed by atoms with van der Waals surface area (Å²) in [6.07, 6.45) is 4.25. The molecule has 0 fully saturated rings. The number of hydrogen-bond donors (Lipinski definition) is 0. The largest absolute Gasteiger partial charge is 0.287 e. The van der Waals surface area contributed by atoms with Crippen molar-refractivity contribution >= 4 is 5.78 Å². The number of carbonyl (C=O) groups is 1. The molecule has 0 spiro atoms. The minimum absolute atomic E-state index is 0.0287. The third-order valence-corrected chi connectivity index (χ3v) is 3.55. The first-order chi connectivity index (χ1) is 9.25. The fraction of sp³-hybridized carbons (Fsp3) is 0.312. The lowest BCUT2D eigenvalue weighted by atomic mass is 9.99. The minimum atomic E-state index is -0.0287. The highest BCUT2D eigenvalue weighted by Crippen LogP contribution is 2.20. The smallest absolute Gasteiger partial charge is 0.213 e. The van der Waals surface area contributed by atoms with Gasteiger partial charge >= 0.3 is 0 Å². The van der Waals surface area contributed by atoms with Gasteiger partial charge in [0.25, 0.3) is 0 Å². The van der Waals surface area contributed by atoms with Gasteiger partial charge < -0.3 is 0 Å². The van der Waals surface area contributed by atoms with E-state index in [1.54, 1.807) is 0 Å². The third kappa shape index (κ3) is 2.28. The molecule has 1 aliphatic carbocycles. The average Bonchev–Trinajstić information content (AvgIpc) is 2.47. The molecule has 2 aromatic rings. The molecular weight excluding hydrogens is 236 g/mol. The molecular formula is C16H16N2O. The number of nitrogens with zero attached hydrogens (tertiary/aromatic N) is 2. The Labute approximate surface area is 112 Å². The minimum Gasteiger partial charge on any atom is -0.287 e. The Morgan fingerprint density at radius 3 is 2.32 bits per heavy atom. The van der Waals surface area contributed by atoms with E-state index in [9.17, 15) is 4.79 Å². The highest BCUT2D eigenvalue weighted by molar-refractivity contribution is 6.08. The summed E-state index contributed by atoms with van der Waals surface area (Å²) in [4.78, 5) is 21.6. The molecule has 3 nitrogen and oxygen atoms in total. The van der Waals surface area contributed by atoms with E-state index in [0.717, 1.165) is 36.3 Å². The number of hydrogen-bond acceptors (Lipinski definition) is 3. The van der Waals surface area contributed by atoms with E-state index in [-0.39, 0.29) is 5.78 Å². The molecule has 0 atom stereocenters. The second kappa shape index (κ2) is 4.92. The Kier molecular flexibility index (Phi) is 3.11. The normalized spacial score (nSPS) is 13.9. The number of benzene rings is 1. The molecule has 3 heteroatoms. The maximum Gasteiger partial charge on any atom is 0.213 e. The van der Waals surface area contributed by atoms with Crippen LogP contribution in [0.3, 0.4) is 0 Å². The van der Waals surface area contributed by atoms with Crippen LogP contribution in [0.2, 0.25) is 0 Å². The maximum absolute atomic E-state index is 12.5. The summed E-state index contributed by atoms with van der Waals surface area (Å²) in [6.45, 7) is 1.87. The van der Waals surface area contributed by atoms with Gasteiger partial charge in [0.05, 0.1) is 17.1 Å². The van der Waals surface area contributed by atoms with Gasteiger partial charge in [-0.3, -0.25) is 9.78 Å². The number of aromatic nitrogens is 2. The molecule has 0 bridgehead atoms. The van der Waals surface area contributed by atoms with Gasteiger partial charge in [0, 0.05) is 5.56 Å². The monoisotopic (exact) mass is 252 g/mol. The van der Waals surface area contributed by atoms with Crippen molar-refractivity contribution in [2.45, 2.75) is 32.6 Å². The Hall–Kier alpha value is -2.03. The Balaban J connectivity index is 2.03. The summed E-state index contributed by atoms with van der Waals surface area (Å²) in [6, 6.07) is 9.29. The number of fused-ring (bicyclic) bond motifs is 1. The Morgan fingerprint density at radius 1 is 1.00 bits per heavy atom. The van der Waals surface area contributed by atoms with E-state index >= 15 is 0 Å². The second-order valence-corrected chi connectivity index (χ2v) is 4.95. The molecule has 1 aromatic carbocycles. The molecule has 0 radical (unpaired) electrons. The Bertz CT molecular complexity index is 620. The van der Waals surface area contributed by atoms with Crippen molar-refractivity contribution in [2.24, 2.45) is 0 Å². The SMILES string of the molecule is Cc1nc2c(nc1C(=O)c1ccccc1)CCCC2. The molecule has 1 aromatic heterocycles. The molecule has 19 heavy (non-hydrogen) atoms. The van der Waals surface area contributed by atoms with Gasteiger partial charge in [-0.2, -0.15) is 0 Å². The fourth-order valence-corrected chi connectivity index (χ4v) is 2.53. The van der Waals surface area contributed by atoms with Crippen LogP contribution < -0.4 is 0 Å². The van der Waals surface area contributed by atoms with Crippen molar-refractivity contribution in [3.8, 4) is 0 Å². The molecule has 1 heterocycles. The van der Waals surface area contributed by atoms with Gasteiger partial charge in [0.15, 0.2) is 0 Å². The van der Waals surface area contributed by atoms with E-state index < -0.39 is 0 Å². The van der Waals surface area contributed by atoms with Crippen molar-refractivity contribution in [1.29, 1.82) is 0 Å². The maximum atomic E-state index is 12.5. The lowest BCUT2D eigenvalue weighted by molar-refractivity contribution is 0.103. The number of carbonyl (C=O) groups excluding carboxylic acids is 1. The summed E-state index contributed by atoms with van der Waals surface area (Å²) >= 11 is 0. The van der Waals surface area contributed by atoms with Crippen molar-refractivity contribution in [2.75, 3.05) is 0 Å². The number of aryl methyl sites for hydroxylation is 3. The molecule has 0 saturated carbocycles. The summed E-state index contributed by atoms with van der Waals surface area (Å²) in [5.41, 5.74) is 4.02. The van der Waals surface area contributed by atoms with Crippen LogP contribution in [0.5, 0.6) is 0 Å². The molecule has 0 saturated heterocycles. The first-order valence-electron chi connectivity index (χ1n) is 6.72. The standard InChI is InChI=1S/C16H16N2O/c1-11-15(16(19)12-7-3-2-4-8-12)18-14-10-6-5-9-13(14)17-11/h2-4,7-8H,5-6,9-10H2,1H3. The fourth-order valence-electron chi connectivity index (χ4n) is 2.53. The van der Waals surface area contributed by atoms with Gasteiger partial charge in [0.1, 0.15) is 5.69 Å². The van der Waals surface area contributed by atoms with E-state index in [0.29, 0.717) is 11.3 Å². The van der Waals surface area contributed by atoms with Gasteiger partial charge in [-0.05, 0) is 32.6 Å². The van der Waals surface area contributed by atoms with Crippen LogP contribution in [0, 0.1) is 6.92 Å². The van der Waals surface area contributed by atoms with E-state index in [1.807, 2.05) is 37.3 Å². The zero-order valence-electron chi connectivity index (χ0n) is 11.0. The predicted molar refractivity (Wildman–Crippen MR) is 73.3 cm³/mol. The quantitative estimate of drug-likeness (QED) is 0.772. The summed E-state index contributed by atoms with van der Waals surface area (Å²) in [5.74, 6) is -0.0287. The molecule has 0 aliphatic heterocycles. The molecule has 0 N–H and O–H groups in total. The van der Waals surface area contributed by atoms with Gasteiger partial charge in [-0.25, -0.2) is 4.98 Å². The first kappa shape index (κ1) is 12.0. The van der Waals surface area contributed by atoms with Crippen LogP contribution in [0.25, 0.3) is 0 Å². The summed E-state index contributed by atoms with van der Waals surface area (Å²) in [7, 11) is 0. The second-order valence-electron chi connectivity index (χ2n) is 4.95. The highest BCUT2D eigenvalue weighted by atomic mass is 16.1. The van der Waals surface area contributed by atoms with E-state index in [1.165, 1.54) is 6.42 Å². The highest BCUT2D eigenvalue weighted by Gasteiger charge is 2.19.